The van der Waals surface area contributed by atoms with Crippen molar-refractivity contribution in [1.29, 1.82) is 0 Å². The van der Waals surface area contributed by atoms with Crippen molar-refractivity contribution in [2.45, 2.75) is 33.1 Å². The van der Waals surface area contributed by atoms with Gasteiger partial charge in [0, 0.05) is 18.0 Å². The van der Waals surface area contributed by atoms with Crippen molar-refractivity contribution in [3.05, 3.63) is 34.6 Å². The number of nitrogens with zero attached hydrogens (tertiary/aromatic N) is 2. The first kappa shape index (κ1) is 13.7. The fraction of sp³-hybridized carbons (Fsp3) is 0.357. The number of carbonyl (C=O) groups excluding carboxylic acids is 1. The van der Waals surface area contributed by atoms with Gasteiger partial charge in [0.05, 0.1) is 0 Å². The molecule has 0 fully saturated rings. The molecule has 0 radical (unpaired) electrons. The van der Waals surface area contributed by atoms with Crippen molar-refractivity contribution in [1.82, 2.24) is 9.66 Å². The Bertz CT molecular complexity index is 663. The molecule has 0 bridgehead atoms. The molecule has 2 aromatic heterocycles. The SMILES string of the molecule is CCCC(=O)Nn1c(=S)c(CC)cc2cccnc21. The van der Waals surface area contributed by atoms with Gasteiger partial charge in [-0.05, 0) is 36.6 Å². The van der Waals surface area contributed by atoms with E-state index >= 15 is 0 Å². The van der Waals surface area contributed by atoms with Crippen molar-refractivity contribution < 1.29 is 4.79 Å². The molecule has 4 nitrogen and oxygen atoms in total. The number of hydrogen-bond acceptors (Lipinski definition) is 3. The number of rotatable bonds is 4. The fourth-order valence-electron chi connectivity index (χ4n) is 1.96. The van der Waals surface area contributed by atoms with E-state index in [1.165, 1.54) is 0 Å². The van der Waals surface area contributed by atoms with Crippen molar-refractivity contribution >= 4 is 29.2 Å². The fourth-order valence-corrected chi connectivity index (χ4v) is 2.30. The summed E-state index contributed by atoms with van der Waals surface area (Å²) in [6.45, 7) is 4.02. The van der Waals surface area contributed by atoms with Crippen molar-refractivity contribution in [3.63, 3.8) is 0 Å². The van der Waals surface area contributed by atoms with Crippen molar-refractivity contribution in [2.24, 2.45) is 0 Å². The van der Waals surface area contributed by atoms with Crippen LogP contribution in [-0.4, -0.2) is 15.6 Å². The lowest BCUT2D eigenvalue weighted by molar-refractivity contribution is -0.117. The summed E-state index contributed by atoms with van der Waals surface area (Å²) in [6, 6.07) is 5.88. The third-order valence-electron chi connectivity index (χ3n) is 2.93. The number of carbonyl (C=O) groups is 1. The second kappa shape index (κ2) is 5.93. The highest BCUT2D eigenvalue weighted by atomic mass is 32.1. The van der Waals surface area contributed by atoms with Crippen LogP contribution in [0, 0.1) is 4.64 Å². The summed E-state index contributed by atoms with van der Waals surface area (Å²) >= 11 is 5.43. The Balaban J connectivity index is 2.59. The van der Waals surface area contributed by atoms with Gasteiger partial charge in [-0.25, -0.2) is 9.66 Å². The summed E-state index contributed by atoms with van der Waals surface area (Å²) in [7, 11) is 0. The molecule has 0 aliphatic rings. The molecule has 0 spiro atoms. The lowest BCUT2D eigenvalue weighted by Crippen LogP contribution is -2.24. The van der Waals surface area contributed by atoms with Gasteiger partial charge >= 0.3 is 0 Å². The Morgan fingerprint density at radius 3 is 2.95 bits per heavy atom. The molecule has 0 unspecified atom stereocenters. The van der Waals surface area contributed by atoms with Gasteiger partial charge in [0.1, 0.15) is 4.64 Å². The second-order valence-electron chi connectivity index (χ2n) is 4.36. The standard InChI is InChI=1S/C14H17N3OS/c1-3-6-12(18)16-17-13-11(7-5-8-15-13)9-10(4-2)14(17)19/h5,7-9H,3-4,6H2,1-2H3,(H,16,18). The molecule has 0 saturated heterocycles. The summed E-state index contributed by atoms with van der Waals surface area (Å²) in [5, 5.41) is 0.977. The number of aryl methyl sites for hydroxylation is 1. The number of nitrogens with one attached hydrogen (secondary N) is 1. The molecule has 100 valence electrons. The molecule has 2 rings (SSSR count). The van der Waals surface area contributed by atoms with Crippen LogP contribution in [0.4, 0.5) is 0 Å². The molecule has 0 saturated carbocycles. The van der Waals surface area contributed by atoms with Crippen LogP contribution in [0.15, 0.2) is 24.4 Å². The molecule has 19 heavy (non-hydrogen) atoms. The van der Waals surface area contributed by atoms with Gasteiger partial charge in [-0.3, -0.25) is 10.2 Å². The van der Waals surface area contributed by atoms with Crippen LogP contribution in [0.3, 0.4) is 0 Å². The largest absolute Gasteiger partial charge is 0.273 e. The first-order valence-electron chi connectivity index (χ1n) is 6.46. The molecule has 2 heterocycles. The van der Waals surface area contributed by atoms with Crippen LogP contribution in [0.25, 0.3) is 11.0 Å². The zero-order valence-electron chi connectivity index (χ0n) is 11.1. The third-order valence-corrected chi connectivity index (χ3v) is 3.38. The summed E-state index contributed by atoms with van der Waals surface area (Å²) in [5.41, 5.74) is 4.56. The van der Waals surface area contributed by atoms with E-state index in [1.807, 2.05) is 32.0 Å². The zero-order valence-corrected chi connectivity index (χ0v) is 12.0. The molecular formula is C14H17N3OS. The maximum Gasteiger partial charge on any atom is 0.238 e. The highest BCUT2D eigenvalue weighted by Gasteiger charge is 2.08. The molecule has 0 aliphatic carbocycles. The van der Waals surface area contributed by atoms with Crippen LogP contribution < -0.4 is 5.43 Å². The minimum Gasteiger partial charge on any atom is -0.273 e. The average molecular weight is 275 g/mol. The van der Waals surface area contributed by atoms with E-state index in [0.29, 0.717) is 16.7 Å². The Labute approximate surface area is 117 Å². The van der Waals surface area contributed by atoms with E-state index in [0.717, 1.165) is 23.8 Å². The number of amides is 1. The van der Waals surface area contributed by atoms with Crippen molar-refractivity contribution in [3.8, 4) is 0 Å². The Hall–Kier alpha value is -1.75. The maximum absolute atomic E-state index is 11.8. The van der Waals surface area contributed by atoms with E-state index in [4.69, 9.17) is 12.2 Å². The van der Waals surface area contributed by atoms with Crippen LogP contribution in [0.5, 0.6) is 0 Å². The topological polar surface area (TPSA) is 46.9 Å². The second-order valence-corrected chi connectivity index (χ2v) is 4.75. The highest BCUT2D eigenvalue weighted by Crippen LogP contribution is 2.15. The van der Waals surface area contributed by atoms with E-state index in [2.05, 4.69) is 10.4 Å². The molecule has 0 aliphatic heterocycles. The Morgan fingerprint density at radius 1 is 1.47 bits per heavy atom. The number of hydrogen-bond donors (Lipinski definition) is 1. The van der Waals surface area contributed by atoms with Gasteiger partial charge in [-0.2, -0.15) is 0 Å². The van der Waals surface area contributed by atoms with E-state index in [-0.39, 0.29) is 5.91 Å². The summed E-state index contributed by atoms with van der Waals surface area (Å²) in [5.74, 6) is -0.0428. The van der Waals surface area contributed by atoms with Gasteiger partial charge < -0.3 is 0 Å². The Morgan fingerprint density at radius 2 is 2.26 bits per heavy atom. The minimum absolute atomic E-state index is 0.0428. The van der Waals surface area contributed by atoms with Gasteiger partial charge in [-0.1, -0.05) is 26.1 Å². The minimum atomic E-state index is -0.0428. The first-order chi connectivity index (χ1) is 9.17. The van der Waals surface area contributed by atoms with Crippen molar-refractivity contribution in [2.75, 3.05) is 5.43 Å². The third kappa shape index (κ3) is 2.81. The molecule has 2 aromatic rings. The lowest BCUT2D eigenvalue weighted by atomic mass is 10.2. The number of pyridine rings is 2. The molecule has 5 heteroatoms. The zero-order chi connectivity index (χ0) is 13.8. The van der Waals surface area contributed by atoms with E-state index < -0.39 is 0 Å². The molecule has 1 N–H and O–H groups in total. The predicted octanol–water partition coefficient (Wildman–Crippen LogP) is 3.20. The van der Waals surface area contributed by atoms with Gasteiger partial charge in [0.25, 0.3) is 0 Å². The van der Waals surface area contributed by atoms with Gasteiger partial charge in [0.15, 0.2) is 5.65 Å². The normalized spacial score (nSPS) is 10.6. The average Bonchev–Trinajstić information content (AvgIpc) is 2.42. The van der Waals surface area contributed by atoms with E-state index in [1.54, 1.807) is 10.9 Å². The smallest absolute Gasteiger partial charge is 0.238 e. The maximum atomic E-state index is 11.8. The van der Waals surface area contributed by atoms with Crippen LogP contribution in [0.2, 0.25) is 0 Å². The van der Waals surface area contributed by atoms with Crippen LogP contribution in [0.1, 0.15) is 32.3 Å². The molecule has 0 aromatic carbocycles. The molecular weight excluding hydrogens is 258 g/mol. The summed E-state index contributed by atoms with van der Waals surface area (Å²) in [6.07, 6.45) is 3.81. The predicted molar refractivity (Wildman–Crippen MR) is 79.2 cm³/mol. The van der Waals surface area contributed by atoms with Gasteiger partial charge in [0.2, 0.25) is 5.91 Å². The Kier molecular flexibility index (Phi) is 4.27. The molecule has 0 atom stereocenters. The lowest BCUT2D eigenvalue weighted by Gasteiger charge is -2.14. The monoisotopic (exact) mass is 275 g/mol. The van der Waals surface area contributed by atoms with E-state index in [9.17, 15) is 4.79 Å². The quantitative estimate of drug-likeness (QED) is 0.872. The van der Waals surface area contributed by atoms with Gasteiger partial charge in [-0.15, -0.1) is 0 Å². The van der Waals surface area contributed by atoms with Crippen LogP contribution >= 0.6 is 12.2 Å². The summed E-state index contributed by atoms with van der Waals surface area (Å²) < 4.78 is 2.25. The highest BCUT2D eigenvalue weighted by molar-refractivity contribution is 7.71. The van der Waals surface area contributed by atoms with Crippen LogP contribution in [-0.2, 0) is 11.2 Å². The first-order valence-corrected chi connectivity index (χ1v) is 6.87. The number of aromatic nitrogens is 2. The molecule has 1 amide bonds. The number of fused-ring (bicyclic) bond motifs is 1. The summed E-state index contributed by atoms with van der Waals surface area (Å²) in [4.78, 5) is 16.1.